The topological polar surface area (TPSA) is 9.86 Å². The number of para-hydroxylation sites is 2. The first-order valence-electron chi connectivity index (χ1n) is 29.3. The highest BCUT2D eigenvalue weighted by atomic mass is 28.3. The van der Waals surface area contributed by atoms with Crippen LogP contribution in [-0.2, 0) is 0 Å². The second-order valence-electron chi connectivity index (χ2n) is 19.4. The van der Waals surface area contributed by atoms with Crippen molar-refractivity contribution in [3.63, 3.8) is 0 Å². The molecule has 4 heteroatoms. The molecule has 0 radical (unpaired) electrons. The van der Waals surface area contributed by atoms with Gasteiger partial charge >= 0.3 is 0 Å². The van der Waals surface area contributed by atoms with E-state index in [1.165, 1.54) is 31.1 Å². The molecular formula is C72H52N2Si2. The van der Waals surface area contributed by atoms with E-state index in [4.69, 9.17) is 2.74 Å². The molecule has 2 aromatic heterocycles. The van der Waals surface area contributed by atoms with Gasteiger partial charge in [-0.2, -0.15) is 0 Å². The van der Waals surface area contributed by atoms with Crippen molar-refractivity contribution in [2.75, 3.05) is 0 Å². The maximum atomic E-state index is 10.6. The Morgan fingerprint density at radius 2 is 0.724 bits per heavy atom. The molecule has 0 amide bonds. The molecule has 0 aliphatic rings. The predicted octanol–water partition coefficient (Wildman–Crippen LogP) is 12.3. The van der Waals surface area contributed by atoms with Crippen LogP contribution >= 0.6 is 0 Å². The Hall–Kier alpha value is -9.33. The molecule has 0 aliphatic heterocycles. The smallest absolute Gasteiger partial charge is 0.180 e. The third-order valence-corrected chi connectivity index (χ3v) is 25.1. The molecule has 12 aromatic carbocycles. The average Bonchev–Trinajstić information content (AvgIpc) is 1.84. The summed E-state index contributed by atoms with van der Waals surface area (Å²) in [5, 5.41) is 11.5. The fraction of sp³-hybridized carbons (Fsp3) is 0. The lowest BCUT2D eigenvalue weighted by atomic mass is 10.1. The Balaban J connectivity index is 1.05. The van der Waals surface area contributed by atoms with Gasteiger partial charge in [-0.3, -0.25) is 0 Å². The van der Waals surface area contributed by atoms with Crippen LogP contribution in [0.1, 0.15) is 9.60 Å². The maximum absolute atomic E-state index is 10.6. The van der Waals surface area contributed by atoms with Gasteiger partial charge in [0.05, 0.1) is 31.7 Å². The van der Waals surface area contributed by atoms with Crippen LogP contribution in [0.2, 0.25) is 0 Å². The van der Waals surface area contributed by atoms with Crippen molar-refractivity contribution in [2.45, 2.75) is 0 Å². The normalized spacial score (nSPS) is 13.2. The number of aromatic nitrogens is 2. The average molecular weight is 1010 g/mol. The SMILES string of the molecule is [2H]c1c([2H])c([2H])c2c(c1[2H])c1c([2H])c(-n3c4ccccc4c4c([Si](c5ccccc5)(c5ccccc5)c5cccc(-c6ccccc6)c5)cccc43)c([2H])c([2H])c1n2-c1ccc([Si](c2ccccc2)(c2ccccc2)c2ccccc2)cc1. The highest BCUT2D eigenvalue weighted by Crippen LogP contribution is 2.37. The maximum Gasteiger partial charge on any atom is 0.180 e. The van der Waals surface area contributed by atoms with E-state index in [1.54, 1.807) is 4.57 Å². The minimum absolute atomic E-state index is 0.117. The first kappa shape index (κ1) is 38.3. The van der Waals surface area contributed by atoms with Crippen molar-refractivity contribution >= 4 is 101 Å². The molecule has 0 unspecified atom stereocenters. The molecule has 0 saturated heterocycles. The first-order chi connectivity index (χ1) is 40.6. The molecule has 0 spiro atoms. The summed E-state index contributed by atoms with van der Waals surface area (Å²) in [6.45, 7) is 0. The van der Waals surface area contributed by atoms with Gasteiger partial charge in [0.25, 0.3) is 0 Å². The summed E-state index contributed by atoms with van der Waals surface area (Å²) in [7, 11) is -6.30. The van der Waals surface area contributed by atoms with Gasteiger partial charge in [-0.25, -0.2) is 0 Å². The molecule has 0 saturated carbocycles. The zero-order chi connectivity index (χ0) is 56.6. The summed E-state index contributed by atoms with van der Waals surface area (Å²) >= 11 is 0. The van der Waals surface area contributed by atoms with Crippen LogP contribution in [0.4, 0.5) is 0 Å². The van der Waals surface area contributed by atoms with Gasteiger partial charge in [0.2, 0.25) is 0 Å². The Bertz CT molecular complexity index is 4650. The lowest BCUT2D eigenvalue weighted by Gasteiger charge is -2.35. The minimum atomic E-state index is -3.31. The molecule has 0 bridgehead atoms. The van der Waals surface area contributed by atoms with E-state index >= 15 is 0 Å². The number of hydrogen-bond acceptors (Lipinski definition) is 0. The van der Waals surface area contributed by atoms with Gasteiger partial charge in [0.1, 0.15) is 0 Å². The van der Waals surface area contributed by atoms with Crippen LogP contribution in [0.5, 0.6) is 0 Å². The molecule has 76 heavy (non-hydrogen) atoms. The van der Waals surface area contributed by atoms with Gasteiger partial charge < -0.3 is 9.13 Å². The highest BCUT2D eigenvalue weighted by Gasteiger charge is 2.44. The van der Waals surface area contributed by atoms with Crippen LogP contribution in [0.15, 0.2) is 315 Å². The monoisotopic (exact) mass is 1010 g/mol. The molecular weight excluding hydrogens is 949 g/mol. The number of benzene rings is 12. The number of fused-ring (bicyclic) bond motifs is 6. The fourth-order valence-electron chi connectivity index (χ4n) is 12.3. The molecule has 0 fully saturated rings. The van der Waals surface area contributed by atoms with Crippen molar-refractivity contribution in [1.82, 2.24) is 9.13 Å². The van der Waals surface area contributed by atoms with E-state index in [2.05, 4.69) is 212 Å². The van der Waals surface area contributed by atoms with E-state index in [0.717, 1.165) is 43.3 Å². The Morgan fingerprint density at radius 3 is 1.33 bits per heavy atom. The van der Waals surface area contributed by atoms with Crippen LogP contribution in [0, 0.1) is 0 Å². The third-order valence-electron chi connectivity index (χ3n) is 15.5. The van der Waals surface area contributed by atoms with E-state index in [9.17, 15) is 6.85 Å². The minimum Gasteiger partial charge on any atom is -0.309 e. The zero-order valence-corrected chi connectivity index (χ0v) is 43.4. The second kappa shape index (κ2) is 18.9. The molecule has 2 heterocycles. The fourth-order valence-corrected chi connectivity index (χ4v) is 22.0. The summed E-state index contributed by atoms with van der Waals surface area (Å²) < 4.78 is 72.1. The van der Waals surface area contributed by atoms with Crippen LogP contribution in [-0.4, -0.2) is 25.3 Å². The van der Waals surface area contributed by atoms with Gasteiger partial charge in [-0.15, -0.1) is 0 Å². The summed E-state index contributed by atoms with van der Waals surface area (Å²) in [6.07, 6.45) is 0. The largest absolute Gasteiger partial charge is 0.309 e. The molecule has 2 nitrogen and oxygen atoms in total. The summed E-state index contributed by atoms with van der Waals surface area (Å²) in [5.41, 5.74) is 4.69. The Morgan fingerprint density at radius 1 is 0.276 bits per heavy atom. The van der Waals surface area contributed by atoms with E-state index in [1.807, 2.05) is 65.2 Å². The molecule has 14 rings (SSSR count). The van der Waals surface area contributed by atoms with Crippen LogP contribution < -0.4 is 41.5 Å². The van der Waals surface area contributed by atoms with Crippen LogP contribution in [0.3, 0.4) is 0 Å². The van der Waals surface area contributed by atoms with Crippen molar-refractivity contribution < 1.29 is 9.60 Å². The van der Waals surface area contributed by atoms with Gasteiger partial charge in [-0.05, 0) is 101 Å². The van der Waals surface area contributed by atoms with Gasteiger partial charge in [-0.1, -0.05) is 267 Å². The second-order valence-corrected chi connectivity index (χ2v) is 27.0. The summed E-state index contributed by atoms with van der Waals surface area (Å²) in [5.74, 6) is 0. The summed E-state index contributed by atoms with van der Waals surface area (Å²) in [6, 6.07) is 93.4. The number of nitrogens with zero attached hydrogens (tertiary/aromatic N) is 2. The number of rotatable bonds is 11. The van der Waals surface area contributed by atoms with E-state index < -0.39 is 28.2 Å². The van der Waals surface area contributed by atoms with Crippen molar-refractivity contribution in [1.29, 1.82) is 0 Å². The van der Waals surface area contributed by atoms with E-state index in [0.29, 0.717) is 5.69 Å². The summed E-state index contributed by atoms with van der Waals surface area (Å²) in [4.78, 5) is 0. The van der Waals surface area contributed by atoms with Gasteiger partial charge in [0, 0.05) is 32.9 Å². The van der Waals surface area contributed by atoms with E-state index in [-0.39, 0.29) is 57.7 Å². The Kier molecular flexibility index (Phi) is 9.50. The molecule has 0 N–H and O–H groups in total. The molecule has 0 atom stereocenters. The van der Waals surface area contributed by atoms with Gasteiger partial charge in [0.15, 0.2) is 16.1 Å². The molecule has 0 aliphatic carbocycles. The lowest BCUT2D eigenvalue weighted by molar-refractivity contribution is 1.17. The molecule has 358 valence electrons. The standard InChI is InChI=1S/C72H52N2Si2/c1-7-25-53(26-8-1)54-27-23-38-63(51-54)76(60-34-15-5-16-35-60,61-36-17-6-18-37-61)71-44-24-43-70-72(71)65-40-20-22-42-68(65)74(70)56-47-50-69-66(52-56)64-39-19-21-41-67(64)73(69)55-45-48-62(49-46-55)75(57-28-9-2-10-29-57,58-30-11-3-12-31-58)59-32-13-4-14-33-59/h1-52H/i19D,21D,39D,41D,47D,50D,52D. The highest BCUT2D eigenvalue weighted by molar-refractivity contribution is 7.21. The van der Waals surface area contributed by atoms with Crippen molar-refractivity contribution in [2.24, 2.45) is 0 Å². The predicted molar refractivity (Wildman–Crippen MR) is 328 cm³/mol. The quantitative estimate of drug-likeness (QED) is 0.0903. The Labute approximate surface area is 455 Å². The number of hydrogen-bond donors (Lipinski definition) is 0. The third kappa shape index (κ3) is 7.14. The van der Waals surface area contributed by atoms with Crippen molar-refractivity contribution in [3.8, 4) is 22.5 Å². The molecule has 14 aromatic rings. The zero-order valence-electron chi connectivity index (χ0n) is 48.4. The van der Waals surface area contributed by atoms with Crippen molar-refractivity contribution in [3.05, 3.63) is 315 Å². The first-order valence-corrected chi connectivity index (χ1v) is 29.8. The van der Waals surface area contributed by atoms with Crippen LogP contribution in [0.25, 0.3) is 66.1 Å². The lowest BCUT2D eigenvalue weighted by Crippen LogP contribution is -2.74.